The molecule has 3 rings (SSSR count). The van der Waals surface area contributed by atoms with Crippen molar-refractivity contribution in [2.24, 2.45) is 10.1 Å². The highest BCUT2D eigenvalue weighted by molar-refractivity contribution is 7.99. The van der Waals surface area contributed by atoms with E-state index in [4.69, 9.17) is 52.8 Å². The van der Waals surface area contributed by atoms with Gasteiger partial charge in [-0.05, 0) is 30.6 Å². The van der Waals surface area contributed by atoms with Crippen molar-refractivity contribution in [3.05, 3.63) is 28.2 Å². The van der Waals surface area contributed by atoms with E-state index in [1.807, 2.05) is 18.2 Å². The van der Waals surface area contributed by atoms with Gasteiger partial charge in [-0.25, -0.2) is 9.59 Å². The van der Waals surface area contributed by atoms with Crippen LogP contribution in [0.15, 0.2) is 28.3 Å². The van der Waals surface area contributed by atoms with Crippen molar-refractivity contribution in [3.8, 4) is 0 Å². The van der Waals surface area contributed by atoms with E-state index in [9.17, 15) is 0 Å². The number of hydrogen-bond acceptors (Lipinski definition) is 7. The van der Waals surface area contributed by atoms with Crippen molar-refractivity contribution in [2.45, 2.75) is 32.6 Å². The van der Waals surface area contributed by atoms with Gasteiger partial charge in [-0.15, -0.1) is 0 Å². The summed E-state index contributed by atoms with van der Waals surface area (Å²) < 4.78 is 5.75. The average Bonchev–Trinajstić information content (AvgIpc) is 3.23. The fourth-order valence-corrected chi connectivity index (χ4v) is 4.91. The van der Waals surface area contributed by atoms with Crippen molar-refractivity contribution >= 4 is 64.9 Å². The van der Waals surface area contributed by atoms with Crippen LogP contribution in [0.5, 0.6) is 0 Å². The lowest BCUT2D eigenvalue weighted by Gasteiger charge is -2.27. The maximum atomic E-state index is 9.10. The quantitative estimate of drug-likeness (QED) is 0.215. The molecule has 182 valence electrons. The smallest absolute Gasteiger partial charge is 0.414 e. The number of carboxylic acid groups (broad SMARTS) is 2. The molecule has 0 aromatic heterocycles. The van der Waals surface area contributed by atoms with Crippen molar-refractivity contribution < 1.29 is 24.5 Å². The normalized spacial score (nSPS) is 20.2. The molecule has 0 bridgehead atoms. The van der Waals surface area contributed by atoms with Gasteiger partial charge in [0.2, 0.25) is 5.84 Å². The molecule has 0 spiro atoms. The molecule has 2 heterocycles. The zero-order valence-corrected chi connectivity index (χ0v) is 20.8. The van der Waals surface area contributed by atoms with Crippen LogP contribution in [0.4, 0.5) is 5.69 Å². The molecule has 9 nitrogen and oxygen atoms in total. The van der Waals surface area contributed by atoms with Gasteiger partial charge in [0, 0.05) is 31.6 Å². The lowest BCUT2D eigenvalue weighted by molar-refractivity contribution is -0.159. The van der Waals surface area contributed by atoms with Gasteiger partial charge in [0.25, 0.3) is 0 Å². The number of quaternary nitrogens is 1. The third-order valence-electron chi connectivity index (χ3n) is 5.02. The summed E-state index contributed by atoms with van der Waals surface area (Å²) in [6.07, 6.45) is 6.10. The summed E-state index contributed by atoms with van der Waals surface area (Å²) in [7, 11) is 0. The number of rotatable bonds is 9. The van der Waals surface area contributed by atoms with E-state index in [2.05, 4.69) is 16.8 Å². The summed E-state index contributed by atoms with van der Waals surface area (Å²) in [5.41, 5.74) is 0.997. The first-order valence-electron chi connectivity index (χ1n) is 10.7. The fraction of sp³-hybridized carbons (Fsp3) is 0.524. The molecule has 0 amide bonds. The summed E-state index contributed by atoms with van der Waals surface area (Å²) in [6, 6.07) is 5.74. The van der Waals surface area contributed by atoms with Crippen LogP contribution in [0.2, 0.25) is 10.0 Å². The first-order valence-corrected chi connectivity index (χ1v) is 12.4. The van der Waals surface area contributed by atoms with E-state index in [1.54, 1.807) is 18.3 Å². The number of benzene rings is 1. The first kappa shape index (κ1) is 27.6. The third kappa shape index (κ3) is 8.24. The molecule has 1 aromatic rings. The third-order valence-corrected chi connectivity index (χ3v) is 7.12. The topological polar surface area (TPSA) is 112 Å². The van der Waals surface area contributed by atoms with E-state index in [0.29, 0.717) is 14.0 Å². The van der Waals surface area contributed by atoms with Gasteiger partial charge in [-0.3, -0.25) is 4.90 Å². The van der Waals surface area contributed by atoms with Crippen LogP contribution >= 0.6 is 35.1 Å². The molecule has 2 N–H and O–H groups in total. The number of carbonyl (C=O) groups is 2. The van der Waals surface area contributed by atoms with Crippen molar-refractivity contribution in [1.29, 1.82) is 0 Å². The number of amidine groups is 1. The lowest BCUT2D eigenvalue weighted by atomic mass is 10.2. The molecule has 33 heavy (non-hydrogen) atoms. The number of nitrogens with zero attached hydrogens (tertiary/aromatic N) is 4. The SMILES string of the molecule is CCC1=NC=N[N+]1(SCCCCCN1CCOCC1)c1ccc(Cl)c(Cl)c1.O=C(O)C(=O)O. The molecule has 0 saturated carbocycles. The van der Waals surface area contributed by atoms with E-state index in [1.165, 1.54) is 19.4 Å². The van der Waals surface area contributed by atoms with E-state index in [-0.39, 0.29) is 0 Å². The molecule has 1 saturated heterocycles. The van der Waals surface area contributed by atoms with Gasteiger partial charge >= 0.3 is 11.9 Å². The van der Waals surface area contributed by atoms with Gasteiger partial charge in [-0.1, -0.05) is 40.5 Å². The van der Waals surface area contributed by atoms with Gasteiger partial charge in [-0.2, -0.15) is 4.99 Å². The molecule has 0 radical (unpaired) electrons. The molecule has 1 unspecified atom stereocenters. The number of morpholine rings is 1. The van der Waals surface area contributed by atoms with E-state index >= 15 is 0 Å². The summed E-state index contributed by atoms with van der Waals surface area (Å²) >= 11 is 14.2. The zero-order chi connectivity index (χ0) is 24.3. The number of ether oxygens (including phenoxy) is 1. The Labute approximate surface area is 207 Å². The second-order valence-electron chi connectivity index (χ2n) is 7.26. The second-order valence-corrected chi connectivity index (χ2v) is 9.27. The molecule has 1 aromatic carbocycles. The number of unbranched alkanes of at least 4 members (excludes halogenated alkanes) is 2. The summed E-state index contributed by atoms with van der Waals surface area (Å²) in [4.78, 5) is 25.2. The standard InChI is InChI=1S/C19H27Cl2N4OS.C2H2O4/c1-2-19-22-15-23-25(19,16-6-7-17(20)18(21)14-16)27-13-5-3-4-8-24-9-11-26-12-10-24;3-1(4)2(5)6/h6-7,14-15H,2-5,8-13H2,1H3;(H,3,4)(H,5,6)/q+1;. The summed E-state index contributed by atoms with van der Waals surface area (Å²) in [5.74, 6) is -1.61. The van der Waals surface area contributed by atoms with Crippen LogP contribution in [0.1, 0.15) is 32.6 Å². The first-order chi connectivity index (χ1) is 15.8. The fourth-order valence-electron chi connectivity index (χ4n) is 3.32. The Balaban J connectivity index is 0.000000569. The van der Waals surface area contributed by atoms with Gasteiger partial charge < -0.3 is 14.9 Å². The van der Waals surface area contributed by atoms with Crippen LogP contribution in [-0.4, -0.2) is 77.8 Å². The van der Waals surface area contributed by atoms with Crippen LogP contribution in [0, 0.1) is 0 Å². The minimum Gasteiger partial charge on any atom is -0.473 e. The molecule has 12 heteroatoms. The molecular weight excluding hydrogens is 491 g/mol. The Bertz CT molecular complexity index is 868. The van der Waals surface area contributed by atoms with Crippen LogP contribution in [0.25, 0.3) is 0 Å². The van der Waals surface area contributed by atoms with Crippen molar-refractivity contribution in [2.75, 3.05) is 38.6 Å². The average molecular weight is 520 g/mol. The van der Waals surface area contributed by atoms with Gasteiger partial charge in [0.05, 0.1) is 29.0 Å². The Kier molecular flexibility index (Phi) is 11.6. The minimum atomic E-state index is -1.82. The molecule has 2 aliphatic rings. The predicted octanol–water partition coefficient (Wildman–Crippen LogP) is 4.37. The van der Waals surface area contributed by atoms with Crippen molar-refractivity contribution in [3.63, 3.8) is 0 Å². The largest absolute Gasteiger partial charge is 0.473 e. The minimum absolute atomic E-state index is 0.344. The van der Waals surface area contributed by atoms with Gasteiger partial charge in [0.1, 0.15) is 11.9 Å². The van der Waals surface area contributed by atoms with Crippen LogP contribution in [-0.2, 0) is 14.3 Å². The number of hydrogen-bond donors (Lipinski definition) is 2. The number of aliphatic imine (C=N–C) groups is 1. The Morgan fingerprint density at radius 1 is 1.12 bits per heavy atom. The van der Waals surface area contributed by atoms with Gasteiger partial charge in [0.15, 0.2) is 12.0 Å². The lowest BCUT2D eigenvalue weighted by Crippen LogP contribution is -2.40. The molecule has 1 atom stereocenters. The maximum Gasteiger partial charge on any atom is 0.414 e. The molecule has 1 fully saturated rings. The Hall–Kier alpha value is -1.69. The monoisotopic (exact) mass is 519 g/mol. The zero-order valence-electron chi connectivity index (χ0n) is 18.5. The van der Waals surface area contributed by atoms with Crippen LogP contribution in [0.3, 0.4) is 0 Å². The molecule has 2 aliphatic heterocycles. The number of halogens is 2. The summed E-state index contributed by atoms with van der Waals surface area (Å²) in [5, 5.41) is 20.6. The Morgan fingerprint density at radius 3 is 2.42 bits per heavy atom. The van der Waals surface area contributed by atoms with Crippen molar-refractivity contribution in [1.82, 2.24) is 8.90 Å². The second kappa shape index (κ2) is 13.9. The predicted molar refractivity (Wildman–Crippen MR) is 133 cm³/mol. The molecule has 0 aliphatic carbocycles. The number of carboxylic acids is 2. The maximum absolute atomic E-state index is 9.10. The molecular formula is C21H29Cl2N4O5S+. The highest BCUT2D eigenvalue weighted by atomic mass is 35.5. The highest BCUT2D eigenvalue weighted by Crippen LogP contribution is 2.40. The summed E-state index contributed by atoms with van der Waals surface area (Å²) in [6.45, 7) is 7.16. The Morgan fingerprint density at radius 2 is 1.82 bits per heavy atom. The van der Waals surface area contributed by atoms with E-state index in [0.717, 1.165) is 56.4 Å². The number of aliphatic carboxylic acids is 2. The van der Waals surface area contributed by atoms with Crippen LogP contribution < -0.4 is 4.00 Å². The van der Waals surface area contributed by atoms with E-state index < -0.39 is 11.9 Å². The highest BCUT2D eigenvalue weighted by Gasteiger charge is 2.41.